The van der Waals surface area contributed by atoms with Crippen molar-refractivity contribution in [3.8, 4) is 0 Å². The molecule has 2 rings (SSSR count). The van der Waals surface area contributed by atoms with E-state index >= 15 is 0 Å². The van der Waals surface area contributed by atoms with Crippen molar-refractivity contribution >= 4 is 17.5 Å². The van der Waals surface area contributed by atoms with Crippen molar-refractivity contribution in [3.05, 3.63) is 27.9 Å². The van der Waals surface area contributed by atoms with Gasteiger partial charge in [0.2, 0.25) is 5.82 Å². The third-order valence-electron chi connectivity index (χ3n) is 3.02. The van der Waals surface area contributed by atoms with E-state index in [-0.39, 0.29) is 17.1 Å². The molecule has 0 amide bonds. The number of hydrogen-bond acceptors (Lipinski definition) is 5. The van der Waals surface area contributed by atoms with Gasteiger partial charge >= 0.3 is 11.7 Å². The third kappa shape index (κ3) is 2.81. The normalized spacial score (nSPS) is 14.2. The summed E-state index contributed by atoms with van der Waals surface area (Å²) in [5.41, 5.74) is -0.400. The van der Waals surface area contributed by atoms with Crippen LogP contribution in [0, 0.1) is 10.1 Å². The van der Waals surface area contributed by atoms with E-state index in [9.17, 15) is 14.9 Å². The maximum absolute atomic E-state index is 11.1. The number of carboxylic acid groups (broad SMARTS) is 1. The average molecular weight is 265 g/mol. The lowest BCUT2D eigenvalue weighted by Gasteiger charge is -2.22. The van der Waals surface area contributed by atoms with E-state index in [4.69, 9.17) is 5.11 Å². The highest BCUT2D eigenvalue weighted by Gasteiger charge is 2.33. The van der Waals surface area contributed by atoms with E-state index in [0.717, 1.165) is 25.3 Å². The summed E-state index contributed by atoms with van der Waals surface area (Å²) in [5, 5.41) is 20.0. The molecule has 0 unspecified atom stereocenters. The van der Waals surface area contributed by atoms with Gasteiger partial charge in [-0.15, -0.1) is 0 Å². The van der Waals surface area contributed by atoms with Gasteiger partial charge in [0.05, 0.1) is 10.5 Å². The van der Waals surface area contributed by atoms with Crippen molar-refractivity contribution in [2.75, 3.05) is 11.4 Å². The minimum atomic E-state index is -1.21. The first-order chi connectivity index (χ1) is 9.04. The molecule has 19 heavy (non-hydrogen) atoms. The average Bonchev–Trinajstić information content (AvgIpc) is 3.19. The molecule has 7 nitrogen and oxygen atoms in total. The Bertz CT molecular complexity index is 514. The molecular weight excluding hydrogens is 250 g/mol. The fraction of sp³-hybridized carbons (Fsp3) is 0.500. The van der Waals surface area contributed by atoms with Gasteiger partial charge in [-0.25, -0.2) is 9.78 Å². The van der Waals surface area contributed by atoms with Crippen LogP contribution in [0.25, 0.3) is 0 Å². The standard InChI is InChI=1S/C12H15N3O4/c1-2-5-14(9-3-4-9)11-10(15(18)19)6-8(7-13-11)12(16)17/h6-7,9H,2-5H2,1H3,(H,16,17). The lowest BCUT2D eigenvalue weighted by atomic mass is 10.2. The summed E-state index contributed by atoms with van der Waals surface area (Å²) in [5.74, 6) is -0.935. The van der Waals surface area contributed by atoms with Gasteiger partial charge in [0.25, 0.3) is 0 Å². The number of anilines is 1. The van der Waals surface area contributed by atoms with Crippen LogP contribution in [-0.2, 0) is 0 Å². The zero-order chi connectivity index (χ0) is 14.0. The Kier molecular flexibility index (Phi) is 3.64. The van der Waals surface area contributed by atoms with Gasteiger partial charge in [-0.05, 0) is 19.3 Å². The molecule has 1 N–H and O–H groups in total. The highest BCUT2D eigenvalue weighted by molar-refractivity contribution is 5.88. The number of aromatic carboxylic acids is 1. The molecular formula is C12H15N3O4. The van der Waals surface area contributed by atoms with Crippen LogP contribution in [0.4, 0.5) is 11.5 Å². The van der Waals surface area contributed by atoms with Crippen LogP contribution >= 0.6 is 0 Å². The first-order valence-electron chi connectivity index (χ1n) is 6.19. The molecule has 1 fully saturated rings. The Hall–Kier alpha value is -2.18. The van der Waals surface area contributed by atoms with E-state index in [2.05, 4.69) is 4.98 Å². The molecule has 102 valence electrons. The fourth-order valence-electron chi connectivity index (χ4n) is 2.01. The van der Waals surface area contributed by atoms with E-state index in [1.165, 1.54) is 6.20 Å². The van der Waals surface area contributed by atoms with Crippen LogP contribution in [0.5, 0.6) is 0 Å². The number of nitro groups is 1. The lowest BCUT2D eigenvalue weighted by molar-refractivity contribution is -0.384. The van der Waals surface area contributed by atoms with Crippen molar-refractivity contribution in [1.82, 2.24) is 4.98 Å². The Morgan fingerprint density at radius 2 is 2.32 bits per heavy atom. The second kappa shape index (κ2) is 5.21. The number of nitrogens with zero attached hydrogens (tertiary/aromatic N) is 3. The van der Waals surface area contributed by atoms with Gasteiger partial charge in [-0.2, -0.15) is 0 Å². The number of aromatic nitrogens is 1. The predicted octanol–water partition coefficient (Wildman–Crippen LogP) is 2.07. The maximum Gasteiger partial charge on any atom is 0.337 e. The molecule has 0 radical (unpaired) electrons. The van der Waals surface area contributed by atoms with E-state index < -0.39 is 10.9 Å². The Morgan fingerprint density at radius 3 is 2.79 bits per heavy atom. The SMILES string of the molecule is CCCN(c1ncc(C(=O)O)cc1[N+](=O)[O-])C1CC1. The first-order valence-corrected chi connectivity index (χ1v) is 6.19. The topological polar surface area (TPSA) is 96.6 Å². The minimum Gasteiger partial charge on any atom is -0.478 e. The Labute approximate surface area is 110 Å². The monoisotopic (exact) mass is 265 g/mol. The van der Waals surface area contributed by atoms with Gasteiger partial charge in [-0.1, -0.05) is 6.92 Å². The van der Waals surface area contributed by atoms with Crippen molar-refractivity contribution in [1.29, 1.82) is 0 Å². The number of rotatable bonds is 6. The Balaban J connectivity index is 2.42. The Morgan fingerprint density at radius 1 is 1.63 bits per heavy atom. The van der Waals surface area contributed by atoms with Crippen LogP contribution in [0.3, 0.4) is 0 Å². The zero-order valence-corrected chi connectivity index (χ0v) is 10.6. The molecule has 7 heteroatoms. The molecule has 1 aromatic rings. The fourth-order valence-corrected chi connectivity index (χ4v) is 2.01. The van der Waals surface area contributed by atoms with Crippen LogP contribution in [0.15, 0.2) is 12.3 Å². The molecule has 1 aromatic heterocycles. The predicted molar refractivity (Wildman–Crippen MR) is 68.5 cm³/mol. The van der Waals surface area contributed by atoms with E-state index in [1.807, 2.05) is 11.8 Å². The summed E-state index contributed by atoms with van der Waals surface area (Å²) in [4.78, 5) is 27.3. The van der Waals surface area contributed by atoms with Gasteiger partial charge in [0, 0.05) is 24.8 Å². The molecule has 1 saturated carbocycles. The molecule has 0 aromatic carbocycles. The molecule has 1 aliphatic carbocycles. The van der Waals surface area contributed by atoms with Crippen molar-refractivity contribution < 1.29 is 14.8 Å². The largest absolute Gasteiger partial charge is 0.478 e. The van der Waals surface area contributed by atoms with Crippen LogP contribution < -0.4 is 4.90 Å². The molecule has 1 heterocycles. The van der Waals surface area contributed by atoms with E-state index in [1.54, 1.807) is 0 Å². The molecule has 0 bridgehead atoms. The van der Waals surface area contributed by atoms with Crippen molar-refractivity contribution in [3.63, 3.8) is 0 Å². The van der Waals surface area contributed by atoms with Gasteiger partial charge in [0.15, 0.2) is 0 Å². The van der Waals surface area contributed by atoms with Crippen LogP contribution in [0.1, 0.15) is 36.5 Å². The molecule has 0 aliphatic heterocycles. The minimum absolute atomic E-state index is 0.164. The van der Waals surface area contributed by atoms with Gasteiger partial charge in [-0.3, -0.25) is 10.1 Å². The smallest absolute Gasteiger partial charge is 0.337 e. The van der Waals surface area contributed by atoms with Gasteiger partial charge < -0.3 is 10.0 Å². The highest BCUT2D eigenvalue weighted by atomic mass is 16.6. The second-order valence-corrected chi connectivity index (χ2v) is 4.55. The summed E-state index contributed by atoms with van der Waals surface area (Å²) >= 11 is 0. The second-order valence-electron chi connectivity index (χ2n) is 4.55. The molecule has 0 saturated heterocycles. The molecule has 1 aliphatic rings. The third-order valence-corrected chi connectivity index (χ3v) is 3.02. The summed E-state index contributed by atoms with van der Waals surface area (Å²) < 4.78 is 0. The van der Waals surface area contributed by atoms with Crippen molar-refractivity contribution in [2.24, 2.45) is 0 Å². The number of hydrogen-bond donors (Lipinski definition) is 1. The maximum atomic E-state index is 11.1. The van der Waals surface area contributed by atoms with E-state index in [0.29, 0.717) is 12.6 Å². The molecule has 0 atom stereocenters. The number of pyridine rings is 1. The quantitative estimate of drug-likeness (QED) is 0.624. The lowest BCUT2D eigenvalue weighted by Crippen LogP contribution is -2.28. The number of carboxylic acids is 1. The van der Waals surface area contributed by atoms with Crippen LogP contribution in [0.2, 0.25) is 0 Å². The first kappa shape index (κ1) is 13.3. The number of carbonyl (C=O) groups is 1. The summed E-state index contributed by atoms with van der Waals surface area (Å²) in [6.07, 6.45) is 4.03. The summed E-state index contributed by atoms with van der Waals surface area (Å²) in [6, 6.07) is 1.37. The summed E-state index contributed by atoms with van der Waals surface area (Å²) in [7, 11) is 0. The highest BCUT2D eigenvalue weighted by Crippen LogP contribution is 2.35. The van der Waals surface area contributed by atoms with Crippen LogP contribution in [-0.4, -0.2) is 33.6 Å². The molecule has 0 spiro atoms. The summed E-state index contributed by atoms with van der Waals surface area (Å²) in [6.45, 7) is 2.68. The van der Waals surface area contributed by atoms with Gasteiger partial charge in [0.1, 0.15) is 0 Å². The zero-order valence-electron chi connectivity index (χ0n) is 10.6. The van der Waals surface area contributed by atoms with Crippen molar-refractivity contribution in [2.45, 2.75) is 32.2 Å².